The summed E-state index contributed by atoms with van der Waals surface area (Å²) in [7, 11) is 1.70. The van der Waals surface area contributed by atoms with Gasteiger partial charge in [-0.2, -0.15) is 0 Å². The Hall–Kier alpha value is -1.35. The van der Waals surface area contributed by atoms with Gasteiger partial charge in [0.2, 0.25) is 5.91 Å². The molecule has 1 aromatic rings. The third-order valence-corrected chi connectivity index (χ3v) is 3.55. The Labute approximate surface area is 88.6 Å². The molecule has 2 bridgehead atoms. The van der Waals surface area contributed by atoms with Crippen LogP contribution in [0.5, 0.6) is 0 Å². The second kappa shape index (κ2) is 2.83. The first kappa shape index (κ1) is 8.92. The van der Waals surface area contributed by atoms with Crippen molar-refractivity contribution in [3.05, 3.63) is 29.8 Å². The van der Waals surface area contributed by atoms with Gasteiger partial charge in [0.25, 0.3) is 0 Å². The Morgan fingerprint density at radius 1 is 1.40 bits per heavy atom. The molecule has 3 heteroatoms. The fraction of sp³-hybridized carbons (Fsp3) is 0.417. The smallest absolute Gasteiger partial charge is 0.230 e. The molecule has 1 fully saturated rings. The van der Waals surface area contributed by atoms with Crippen LogP contribution in [0.4, 0.5) is 5.69 Å². The van der Waals surface area contributed by atoms with Crippen molar-refractivity contribution in [3.63, 3.8) is 0 Å². The molecule has 0 aromatic heterocycles. The molecule has 1 aromatic carbocycles. The second-order valence-corrected chi connectivity index (χ2v) is 4.19. The molecule has 3 nitrogen and oxygen atoms in total. The van der Waals surface area contributed by atoms with Crippen molar-refractivity contribution >= 4 is 11.6 Å². The summed E-state index contributed by atoms with van der Waals surface area (Å²) in [6.45, 7) is 0.781. The van der Waals surface area contributed by atoms with Crippen molar-refractivity contribution in [2.75, 3.05) is 18.6 Å². The van der Waals surface area contributed by atoms with E-state index >= 15 is 0 Å². The molecule has 0 N–H and O–H groups in total. The highest BCUT2D eigenvalue weighted by Crippen LogP contribution is 2.47. The molecule has 78 valence electrons. The molecule has 0 aliphatic carbocycles. The number of ether oxygens (including phenoxy) is 1. The quantitative estimate of drug-likeness (QED) is 0.694. The van der Waals surface area contributed by atoms with Crippen LogP contribution in [-0.2, 0) is 15.1 Å². The molecule has 4 rings (SSSR count). The van der Waals surface area contributed by atoms with Gasteiger partial charge in [-0.1, -0.05) is 18.2 Å². The molecule has 1 amide bonds. The van der Waals surface area contributed by atoms with Crippen molar-refractivity contribution in [2.24, 2.45) is 0 Å². The van der Waals surface area contributed by atoms with Crippen molar-refractivity contribution in [1.29, 1.82) is 0 Å². The first-order valence-electron chi connectivity index (χ1n) is 5.22. The standard InChI is InChI=1S/C12H13NO2/c1-15-12-6-7-13(11(14)8-12)10-5-3-2-4-9(10)12/h2-5H,6-8H2,1H3. The van der Waals surface area contributed by atoms with Crippen LogP contribution in [0, 0.1) is 0 Å². The molecular formula is C12H13NO2. The summed E-state index contributed by atoms with van der Waals surface area (Å²) in [4.78, 5) is 13.7. The van der Waals surface area contributed by atoms with Crippen LogP contribution in [0.2, 0.25) is 0 Å². The minimum atomic E-state index is -0.359. The summed E-state index contributed by atoms with van der Waals surface area (Å²) in [6, 6.07) is 8.04. The number of rotatable bonds is 1. The van der Waals surface area contributed by atoms with Gasteiger partial charge in [-0.25, -0.2) is 0 Å². The predicted molar refractivity (Wildman–Crippen MR) is 56.7 cm³/mol. The van der Waals surface area contributed by atoms with Crippen LogP contribution in [-0.4, -0.2) is 19.6 Å². The first-order valence-corrected chi connectivity index (χ1v) is 5.22. The zero-order chi connectivity index (χ0) is 10.5. The Balaban J connectivity index is 2.24. The van der Waals surface area contributed by atoms with Crippen molar-refractivity contribution in [3.8, 4) is 0 Å². The largest absolute Gasteiger partial charge is 0.373 e. The predicted octanol–water partition coefficient (Wildman–Crippen LogP) is 1.67. The number of methoxy groups -OCH3 is 1. The number of nitrogens with zero attached hydrogens (tertiary/aromatic N) is 1. The Morgan fingerprint density at radius 3 is 2.93 bits per heavy atom. The lowest BCUT2D eigenvalue weighted by Crippen LogP contribution is -2.53. The van der Waals surface area contributed by atoms with E-state index in [4.69, 9.17) is 4.74 Å². The van der Waals surface area contributed by atoms with Crippen LogP contribution in [0.15, 0.2) is 24.3 Å². The zero-order valence-corrected chi connectivity index (χ0v) is 8.69. The van der Waals surface area contributed by atoms with Gasteiger partial charge >= 0.3 is 0 Å². The molecule has 0 radical (unpaired) electrons. The van der Waals surface area contributed by atoms with E-state index in [9.17, 15) is 4.79 Å². The summed E-state index contributed by atoms with van der Waals surface area (Å²) in [6.07, 6.45) is 1.40. The van der Waals surface area contributed by atoms with Crippen LogP contribution < -0.4 is 4.90 Å². The zero-order valence-electron chi connectivity index (χ0n) is 8.69. The van der Waals surface area contributed by atoms with Crippen LogP contribution in [0.3, 0.4) is 0 Å². The number of hydrogen-bond acceptors (Lipinski definition) is 2. The van der Waals surface area contributed by atoms with E-state index in [1.165, 1.54) is 5.56 Å². The van der Waals surface area contributed by atoms with Crippen molar-refractivity contribution in [2.45, 2.75) is 18.4 Å². The summed E-state index contributed by atoms with van der Waals surface area (Å²) < 4.78 is 5.62. The summed E-state index contributed by atoms with van der Waals surface area (Å²) >= 11 is 0. The normalized spacial score (nSPS) is 28.1. The average Bonchev–Trinajstić information content (AvgIpc) is 2.30. The molecular weight excluding hydrogens is 190 g/mol. The van der Waals surface area contributed by atoms with E-state index in [2.05, 4.69) is 6.07 Å². The summed E-state index contributed by atoms with van der Waals surface area (Å²) in [5.41, 5.74) is 1.84. The first-order chi connectivity index (χ1) is 7.27. The molecule has 1 unspecified atom stereocenters. The Morgan fingerprint density at radius 2 is 2.20 bits per heavy atom. The lowest BCUT2D eigenvalue weighted by molar-refractivity contribution is -0.131. The third kappa shape index (κ3) is 1.01. The fourth-order valence-electron chi connectivity index (χ4n) is 2.71. The topological polar surface area (TPSA) is 29.5 Å². The van der Waals surface area contributed by atoms with E-state index in [1.807, 2.05) is 23.1 Å². The maximum atomic E-state index is 11.8. The number of carbonyl (C=O) groups excluding carboxylic acids is 1. The highest BCUT2D eigenvalue weighted by atomic mass is 16.5. The highest BCUT2D eigenvalue weighted by Gasteiger charge is 2.47. The minimum absolute atomic E-state index is 0.182. The SMILES string of the molecule is COC12CCN(C(=O)C1)c1ccccc12. The van der Waals surface area contributed by atoms with Gasteiger partial charge in [0.15, 0.2) is 0 Å². The number of piperidine rings is 1. The molecule has 0 spiro atoms. The fourth-order valence-corrected chi connectivity index (χ4v) is 2.71. The molecule has 3 heterocycles. The second-order valence-electron chi connectivity index (χ2n) is 4.19. The van der Waals surface area contributed by atoms with E-state index in [0.717, 1.165) is 18.7 Å². The maximum Gasteiger partial charge on any atom is 0.230 e. The maximum absolute atomic E-state index is 11.8. The van der Waals surface area contributed by atoms with Gasteiger partial charge in [0, 0.05) is 24.9 Å². The monoisotopic (exact) mass is 203 g/mol. The lowest BCUT2D eigenvalue weighted by Gasteiger charge is -2.47. The average molecular weight is 203 g/mol. The van der Waals surface area contributed by atoms with Crippen molar-refractivity contribution < 1.29 is 9.53 Å². The molecule has 1 atom stereocenters. The van der Waals surface area contributed by atoms with Gasteiger partial charge < -0.3 is 9.64 Å². The highest BCUT2D eigenvalue weighted by molar-refractivity contribution is 5.98. The molecule has 15 heavy (non-hydrogen) atoms. The van der Waals surface area contributed by atoms with E-state index in [0.29, 0.717) is 6.42 Å². The molecule has 3 aliphatic heterocycles. The lowest BCUT2D eigenvalue weighted by atomic mass is 9.78. The number of amides is 1. The van der Waals surface area contributed by atoms with Gasteiger partial charge in [-0.15, -0.1) is 0 Å². The number of fused-ring (bicyclic) bond motifs is 2. The van der Waals surface area contributed by atoms with Crippen LogP contribution in [0.25, 0.3) is 0 Å². The molecule has 3 aliphatic rings. The summed E-state index contributed by atoms with van der Waals surface area (Å²) in [5.74, 6) is 0.182. The number of carbonyl (C=O) groups is 1. The van der Waals surface area contributed by atoms with Gasteiger partial charge in [-0.05, 0) is 12.5 Å². The number of benzene rings is 1. The summed E-state index contributed by atoms with van der Waals surface area (Å²) in [5, 5.41) is 0. The van der Waals surface area contributed by atoms with Gasteiger partial charge in [-0.3, -0.25) is 4.79 Å². The van der Waals surface area contributed by atoms with E-state index in [-0.39, 0.29) is 11.5 Å². The Bertz CT molecular complexity index is 429. The number of para-hydroxylation sites is 1. The number of hydrogen-bond donors (Lipinski definition) is 0. The molecule has 0 saturated carbocycles. The minimum Gasteiger partial charge on any atom is -0.373 e. The van der Waals surface area contributed by atoms with Gasteiger partial charge in [0.05, 0.1) is 6.42 Å². The molecule has 1 saturated heterocycles. The van der Waals surface area contributed by atoms with Crippen LogP contribution in [0.1, 0.15) is 18.4 Å². The van der Waals surface area contributed by atoms with Gasteiger partial charge in [0.1, 0.15) is 5.60 Å². The Kier molecular flexibility index (Phi) is 1.68. The van der Waals surface area contributed by atoms with Crippen LogP contribution >= 0.6 is 0 Å². The van der Waals surface area contributed by atoms with E-state index in [1.54, 1.807) is 7.11 Å². The van der Waals surface area contributed by atoms with Crippen molar-refractivity contribution in [1.82, 2.24) is 0 Å². The third-order valence-electron chi connectivity index (χ3n) is 3.55. The van der Waals surface area contributed by atoms with E-state index < -0.39 is 0 Å². The number of anilines is 1.